The monoisotopic (exact) mass is 285 g/mol. The molecule has 0 saturated carbocycles. The zero-order valence-corrected chi connectivity index (χ0v) is 12.2. The first-order valence-electron chi connectivity index (χ1n) is 5.97. The third kappa shape index (κ3) is 4.86. The zero-order chi connectivity index (χ0) is 14.5. The summed E-state index contributed by atoms with van der Waals surface area (Å²) in [4.78, 5) is 17.1. The van der Waals surface area contributed by atoms with Gasteiger partial charge in [-0.1, -0.05) is 6.92 Å². The summed E-state index contributed by atoms with van der Waals surface area (Å²) >= 11 is 0. The highest BCUT2D eigenvalue weighted by Gasteiger charge is 2.10. The summed E-state index contributed by atoms with van der Waals surface area (Å²) in [5.41, 5.74) is 1.01. The van der Waals surface area contributed by atoms with Crippen molar-refractivity contribution in [3.05, 3.63) is 24.0 Å². The number of amides is 1. The third-order valence-corrected chi connectivity index (χ3v) is 4.27. The van der Waals surface area contributed by atoms with Gasteiger partial charge in [0.25, 0.3) is 5.91 Å². The van der Waals surface area contributed by atoms with Gasteiger partial charge in [-0.05, 0) is 12.1 Å². The van der Waals surface area contributed by atoms with Crippen LogP contribution in [0.2, 0.25) is 0 Å². The maximum Gasteiger partial charge on any atom is 0.272 e. The van der Waals surface area contributed by atoms with Gasteiger partial charge in [-0.3, -0.25) is 9.78 Å². The van der Waals surface area contributed by atoms with Crippen LogP contribution in [-0.2, 0) is 9.84 Å². The molecule has 106 valence electrons. The van der Waals surface area contributed by atoms with E-state index in [0.29, 0.717) is 17.9 Å². The molecule has 1 rings (SSSR count). The molecule has 0 aromatic carbocycles. The Kier molecular flexibility index (Phi) is 5.29. The predicted octanol–water partition coefficient (Wildman–Crippen LogP) is 0.630. The minimum Gasteiger partial charge on any atom is -0.384 e. The first-order valence-corrected chi connectivity index (χ1v) is 7.80. The third-order valence-electron chi connectivity index (χ3n) is 2.57. The highest BCUT2D eigenvalue weighted by atomic mass is 32.2. The molecule has 1 heterocycles. The number of carbonyl (C=O) groups excluding carboxylic acids is 1. The van der Waals surface area contributed by atoms with Crippen LogP contribution in [0.4, 0.5) is 5.69 Å². The molecule has 1 N–H and O–H groups in total. The van der Waals surface area contributed by atoms with Crippen LogP contribution in [-0.4, -0.2) is 56.4 Å². The van der Waals surface area contributed by atoms with Crippen LogP contribution < -0.4 is 5.32 Å². The van der Waals surface area contributed by atoms with E-state index in [1.807, 2.05) is 0 Å². The minimum absolute atomic E-state index is 0.0722. The average molecular weight is 285 g/mol. The van der Waals surface area contributed by atoms with E-state index in [-0.39, 0.29) is 17.4 Å². The predicted molar refractivity (Wildman–Crippen MR) is 75.1 cm³/mol. The molecule has 0 aliphatic rings. The molecule has 0 fully saturated rings. The Labute approximate surface area is 113 Å². The molecule has 0 atom stereocenters. The first kappa shape index (κ1) is 15.4. The standard InChI is InChI=1S/C12H19N3O3S/c1-4-19(17,18)8-7-13-10-5-6-14-11(9-10)12(16)15(2)3/h5-6,9H,4,7-8H2,1-3H3,(H,13,14). The maximum absolute atomic E-state index is 11.7. The van der Waals surface area contributed by atoms with E-state index in [9.17, 15) is 13.2 Å². The van der Waals surface area contributed by atoms with E-state index in [1.165, 1.54) is 11.1 Å². The Morgan fingerprint density at radius 2 is 2.11 bits per heavy atom. The Morgan fingerprint density at radius 3 is 2.68 bits per heavy atom. The van der Waals surface area contributed by atoms with Crippen molar-refractivity contribution >= 4 is 21.4 Å². The Hall–Kier alpha value is -1.63. The molecule has 1 amide bonds. The van der Waals surface area contributed by atoms with Crippen molar-refractivity contribution in [3.8, 4) is 0 Å². The van der Waals surface area contributed by atoms with Crippen molar-refractivity contribution in [1.29, 1.82) is 0 Å². The summed E-state index contributed by atoms with van der Waals surface area (Å²) in [5.74, 6) is 0.0165. The van der Waals surface area contributed by atoms with Gasteiger partial charge in [-0.25, -0.2) is 8.42 Å². The van der Waals surface area contributed by atoms with Crippen LogP contribution >= 0.6 is 0 Å². The van der Waals surface area contributed by atoms with E-state index in [1.54, 1.807) is 33.2 Å². The number of hydrogen-bond donors (Lipinski definition) is 1. The summed E-state index contributed by atoms with van der Waals surface area (Å²) < 4.78 is 22.7. The fourth-order valence-electron chi connectivity index (χ4n) is 1.38. The normalized spacial score (nSPS) is 11.1. The molecule has 19 heavy (non-hydrogen) atoms. The van der Waals surface area contributed by atoms with Gasteiger partial charge in [-0.2, -0.15) is 0 Å². The molecule has 0 bridgehead atoms. The van der Waals surface area contributed by atoms with E-state index >= 15 is 0 Å². The lowest BCUT2D eigenvalue weighted by Crippen LogP contribution is -2.23. The number of hydrogen-bond acceptors (Lipinski definition) is 5. The second-order valence-corrected chi connectivity index (χ2v) is 6.77. The molecule has 0 spiro atoms. The summed E-state index contributed by atoms with van der Waals surface area (Å²) in [6.45, 7) is 1.94. The lowest BCUT2D eigenvalue weighted by atomic mass is 10.3. The molecule has 1 aromatic rings. The molecule has 1 aromatic heterocycles. The summed E-state index contributed by atoms with van der Waals surface area (Å²) in [7, 11) is 0.319. The van der Waals surface area contributed by atoms with Crippen molar-refractivity contribution < 1.29 is 13.2 Å². The van der Waals surface area contributed by atoms with E-state index < -0.39 is 9.84 Å². The Morgan fingerprint density at radius 1 is 1.42 bits per heavy atom. The zero-order valence-electron chi connectivity index (χ0n) is 11.4. The number of nitrogens with one attached hydrogen (secondary N) is 1. The fourth-order valence-corrected chi connectivity index (χ4v) is 2.08. The van der Waals surface area contributed by atoms with Crippen LogP contribution in [0.25, 0.3) is 0 Å². The van der Waals surface area contributed by atoms with Gasteiger partial charge >= 0.3 is 0 Å². The van der Waals surface area contributed by atoms with Gasteiger partial charge in [-0.15, -0.1) is 0 Å². The summed E-state index contributed by atoms with van der Waals surface area (Å²) in [6.07, 6.45) is 1.52. The highest BCUT2D eigenvalue weighted by molar-refractivity contribution is 7.91. The maximum atomic E-state index is 11.7. The largest absolute Gasteiger partial charge is 0.384 e. The number of nitrogens with zero attached hydrogens (tertiary/aromatic N) is 2. The van der Waals surface area contributed by atoms with Crippen LogP contribution in [0.15, 0.2) is 18.3 Å². The average Bonchev–Trinajstić information content (AvgIpc) is 2.38. The fraction of sp³-hybridized carbons (Fsp3) is 0.500. The lowest BCUT2D eigenvalue weighted by molar-refractivity contribution is 0.0822. The van der Waals surface area contributed by atoms with Gasteiger partial charge < -0.3 is 10.2 Å². The number of rotatable bonds is 6. The second-order valence-electron chi connectivity index (χ2n) is 4.29. The minimum atomic E-state index is -2.98. The highest BCUT2D eigenvalue weighted by Crippen LogP contribution is 2.09. The van der Waals surface area contributed by atoms with Crippen LogP contribution in [0.1, 0.15) is 17.4 Å². The quantitative estimate of drug-likeness (QED) is 0.829. The van der Waals surface area contributed by atoms with Crippen molar-refractivity contribution in [2.75, 3.05) is 37.5 Å². The number of carbonyl (C=O) groups is 1. The summed E-state index contributed by atoms with van der Waals surface area (Å²) in [6, 6.07) is 3.31. The number of sulfone groups is 1. The Bertz CT molecular complexity index is 541. The van der Waals surface area contributed by atoms with Gasteiger partial charge in [0.1, 0.15) is 5.69 Å². The number of pyridine rings is 1. The Balaban J connectivity index is 2.66. The van der Waals surface area contributed by atoms with Crippen molar-refractivity contribution in [2.45, 2.75) is 6.92 Å². The van der Waals surface area contributed by atoms with Gasteiger partial charge in [0.05, 0.1) is 5.75 Å². The number of aromatic nitrogens is 1. The molecule has 0 aliphatic carbocycles. The van der Waals surface area contributed by atoms with Gasteiger partial charge in [0.15, 0.2) is 9.84 Å². The molecule has 0 radical (unpaired) electrons. The topological polar surface area (TPSA) is 79.4 Å². The molecule has 0 unspecified atom stereocenters. The van der Waals surface area contributed by atoms with E-state index in [2.05, 4.69) is 10.3 Å². The van der Waals surface area contributed by atoms with Gasteiger partial charge in [0.2, 0.25) is 0 Å². The van der Waals surface area contributed by atoms with Crippen molar-refractivity contribution in [2.24, 2.45) is 0 Å². The molecule has 7 heteroatoms. The van der Waals surface area contributed by atoms with Gasteiger partial charge in [0, 0.05) is 38.3 Å². The van der Waals surface area contributed by atoms with E-state index in [0.717, 1.165) is 0 Å². The lowest BCUT2D eigenvalue weighted by Gasteiger charge is -2.11. The molecular weight excluding hydrogens is 266 g/mol. The second kappa shape index (κ2) is 6.51. The first-order chi connectivity index (χ1) is 8.85. The van der Waals surface area contributed by atoms with Crippen LogP contribution in [0.3, 0.4) is 0 Å². The molecule has 6 nitrogen and oxygen atoms in total. The number of anilines is 1. The molecular formula is C12H19N3O3S. The smallest absolute Gasteiger partial charge is 0.272 e. The van der Waals surface area contributed by atoms with Crippen molar-refractivity contribution in [3.63, 3.8) is 0 Å². The molecule has 0 aliphatic heterocycles. The molecule has 0 saturated heterocycles. The van der Waals surface area contributed by atoms with Crippen molar-refractivity contribution in [1.82, 2.24) is 9.88 Å². The van der Waals surface area contributed by atoms with Crippen LogP contribution in [0.5, 0.6) is 0 Å². The van der Waals surface area contributed by atoms with E-state index in [4.69, 9.17) is 0 Å². The van der Waals surface area contributed by atoms with Crippen LogP contribution in [0, 0.1) is 0 Å². The summed E-state index contributed by atoms with van der Waals surface area (Å²) in [5, 5.41) is 2.98. The SMILES string of the molecule is CCS(=O)(=O)CCNc1ccnc(C(=O)N(C)C)c1.